The van der Waals surface area contributed by atoms with E-state index in [4.69, 9.17) is 0 Å². The number of rotatable bonds is 9. The minimum atomic E-state index is -1.08. The van der Waals surface area contributed by atoms with Crippen LogP contribution in [0.25, 0.3) is 0 Å². The van der Waals surface area contributed by atoms with Crippen molar-refractivity contribution < 1.29 is 14.7 Å². The van der Waals surface area contributed by atoms with Crippen molar-refractivity contribution in [1.29, 1.82) is 0 Å². The van der Waals surface area contributed by atoms with E-state index in [1.54, 1.807) is 10.6 Å². The molecule has 0 saturated carbocycles. The molecule has 0 aromatic carbocycles. The molecular weight excluding hydrogens is 320 g/mol. The molecule has 0 spiro atoms. The summed E-state index contributed by atoms with van der Waals surface area (Å²) in [5, 5.41) is 11.9. The highest BCUT2D eigenvalue weighted by Gasteiger charge is 2.24. The standard InChI is InChI=1S/C19H30N2O4/c1-6-8-9-21-14(5)13(4)11-15(18(21)23)17(22)20-16(19(24)25)10-12(3)7-2/h11-12,16H,6-10H2,1-5H3,(H,20,22)(H,24,25). The third-order valence-electron chi connectivity index (χ3n) is 4.73. The van der Waals surface area contributed by atoms with Gasteiger partial charge in [-0.25, -0.2) is 4.79 Å². The van der Waals surface area contributed by atoms with E-state index >= 15 is 0 Å². The van der Waals surface area contributed by atoms with Gasteiger partial charge in [0.05, 0.1) is 0 Å². The molecular formula is C19H30N2O4. The summed E-state index contributed by atoms with van der Waals surface area (Å²) >= 11 is 0. The van der Waals surface area contributed by atoms with Crippen LogP contribution in [-0.4, -0.2) is 27.6 Å². The van der Waals surface area contributed by atoms with Crippen molar-refractivity contribution in [3.63, 3.8) is 0 Å². The maximum absolute atomic E-state index is 12.7. The molecule has 6 heteroatoms. The molecule has 0 aliphatic rings. The van der Waals surface area contributed by atoms with Crippen molar-refractivity contribution >= 4 is 11.9 Å². The Hall–Kier alpha value is -2.11. The van der Waals surface area contributed by atoms with E-state index in [2.05, 4.69) is 5.32 Å². The number of aromatic nitrogens is 1. The Kier molecular flexibility index (Phi) is 7.87. The predicted molar refractivity (Wildman–Crippen MR) is 98.0 cm³/mol. The van der Waals surface area contributed by atoms with E-state index in [0.29, 0.717) is 13.0 Å². The Morgan fingerprint density at radius 3 is 2.44 bits per heavy atom. The largest absolute Gasteiger partial charge is 0.480 e. The number of carbonyl (C=O) groups excluding carboxylic acids is 1. The van der Waals surface area contributed by atoms with Crippen LogP contribution in [0.15, 0.2) is 10.9 Å². The summed E-state index contributed by atoms with van der Waals surface area (Å²) in [5.41, 5.74) is 1.33. The Morgan fingerprint density at radius 1 is 1.28 bits per heavy atom. The summed E-state index contributed by atoms with van der Waals surface area (Å²) in [7, 11) is 0. The molecule has 0 aliphatic heterocycles. The van der Waals surface area contributed by atoms with Crippen molar-refractivity contribution in [3.8, 4) is 0 Å². The molecule has 1 aromatic rings. The highest BCUT2D eigenvalue weighted by atomic mass is 16.4. The van der Waals surface area contributed by atoms with Gasteiger partial charge >= 0.3 is 5.97 Å². The molecule has 0 fully saturated rings. The molecule has 0 radical (unpaired) electrons. The minimum absolute atomic E-state index is 0.00889. The van der Waals surface area contributed by atoms with Gasteiger partial charge in [0.2, 0.25) is 0 Å². The summed E-state index contributed by atoms with van der Waals surface area (Å²) < 4.78 is 1.61. The molecule has 2 atom stereocenters. The maximum atomic E-state index is 12.7. The Balaban J connectivity index is 3.13. The summed E-state index contributed by atoms with van der Waals surface area (Å²) in [6.45, 7) is 10.2. The second kappa shape index (κ2) is 9.39. The first-order chi connectivity index (χ1) is 11.7. The maximum Gasteiger partial charge on any atom is 0.326 e. The quantitative estimate of drug-likeness (QED) is 0.717. The summed E-state index contributed by atoms with van der Waals surface area (Å²) in [6, 6.07) is 0.560. The SMILES string of the molecule is CCCCn1c(C)c(C)cc(C(=O)NC(CC(C)CC)C(=O)O)c1=O. The van der Waals surface area contributed by atoms with E-state index in [0.717, 1.165) is 30.5 Å². The molecule has 25 heavy (non-hydrogen) atoms. The Bertz CT molecular complexity index is 679. The van der Waals surface area contributed by atoms with Crippen LogP contribution in [0.4, 0.5) is 0 Å². The zero-order valence-corrected chi connectivity index (χ0v) is 15.9. The lowest BCUT2D eigenvalue weighted by molar-refractivity contribution is -0.139. The number of nitrogens with one attached hydrogen (secondary N) is 1. The van der Waals surface area contributed by atoms with E-state index in [1.165, 1.54) is 0 Å². The van der Waals surface area contributed by atoms with Crippen LogP contribution in [0.5, 0.6) is 0 Å². The van der Waals surface area contributed by atoms with E-state index in [9.17, 15) is 19.5 Å². The van der Waals surface area contributed by atoms with Gasteiger partial charge in [0.25, 0.3) is 11.5 Å². The normalized spacial score (nSPS) is 13.3. The predicted octanol–water partition coefficient (Wildman–Crippen LogP) is 2.88. The van der Waals surface area contributed by atoms with Gasteiger partial charge in [-0.15, -0.1) is 0 Å². The fraction of sp³-hybridized carbons (Fsp3) is 0.632. The van der Waals surface area contributed by atoms with Crippen molar-refractivity contribution in [2.24, 2.45) is 5.92 Å². The number of nitrogens with zero attached hydrogens (tertiary/aromatic N) is 1. The van der Waals surface area contributed by atoms with Crippen molar-refractivity contribution in [3.05, 3.63) is 33.2 Å². The first-order valence-corrected chi connectivity index (χ1v) is 8.97. The number of hydrogen-bond acceptors (Lipinski definition) is 3. The van der Waals surface area contributed by atoms with Crippen molar-refractivity contribution in [1.82, 2.24) is 9.88 Å². The van der Waals surface area contributed by atoms with Crippen LogP contribution < -0.4 is 10.9 Å². The number of pyridine rings is 1. The molecule has 1 rings (SSSR count). The number of carbonyl (C=O) groups is 2. The molecule has 1 heterocycles. The van der Waals surface area contributed by atoms with Crippen LogP contribution in [-0.2, 0) is 11.3 Å². The van der Waals surface area contributed by atoms with Gasteiger partial charge < -0.3 is 15.0 Å². The number of aliphatic carboxylic acids is 1. The summed E-state index contributed by atoms with van der Waals surface area (Å²) in [6.07, 6.45) is 2.95. The zero-order chi connectivity index (χ0) is 19.1. The topological polar surface area (TPSA) is 88.4 Å². The fourth-order valence-electron chi connectivity index (χ4n) is 2.67. The first kappa shape index (κ1) is 20.9. The van der Waals surface area contributed by atoms with E-state index in [-0.39, 0.29) is 17.0 Å². The molecule has 6 nitrogen and oxygen atoms in total. The van der Waals surface area contributed by atoms with Crippen LogP contribution in [0.1, 0.15) is 68.1 Å². The molecule has 2 N–H and O–H groups in total. The zero-order valence-electron chi connectivity index (χ0n) is 15.9. The van der Waals surface area contributed by atoms with Gasteiger partial charge in [-0.1, -0.05) is 33.6 Å². The highest BCUT2D eigenvalue weighted by molar-refractivity contribution is 5.96. The fourth-order valence-corrected chi connectivity index (χ4v) is 2.67. The number of carboxylic acid groups (broad SMARTS) is 1. The van der Waals surface area contributed by atoms with Crippen LogP contribution in [0, 0.1) is 19.8 Å². The molecule has 1 amide bonds. The summed E-state index contributed by atoms with van der Waals surface area (Å²) in [5.74, 6) is -1.53. The Labute approximate surface area is 149 Å². The van der Waals surface area contributed by atoms with E-state index in [1.807, 2.05) is 34.6 Å². The monoisotopic (exact) mass is 350 g/mol. The lowest BCUT2D eigenvalue weighted by Crippen LogP contribution is -2.44. The van der Waals surface area contributed by atoms with Gasteiger partial charge in [-0.3, -0.25) is 9.59 Å². The number of carboxylic acids is 1. The minimum Gasteiger partial charge on any atom is -0.480 e. The number of hydrogen-bond donors (Lipinski definition) is 2. The van der Waals surface area contributed by atoms with Gasteiger partial charge in [0, 0.05) is 12.2 Å². The van der Waals surface area contributed by atoms with Crippen LogP contribution in [0.2, 0.25) is 0 Å². The lowest BCUT2D eigenvalue weighted by atomic mass is 9.99. The molecule has 0 aliphatic carbocycles. The average Bonchev–Trinajstić information content (AvgIpc) is 2.57. The first-order valence-electron chi connectivity index (χ1n) is 8.97. The van der Waals surface area contributed by atoms with Gasteiger partial charge in [-0.05, 0) is 44.2 Å². The molecule has 0 bridgehead atoms. The lowest BCUT2D eigenvalue weighted by Gasteiger charge is -2.19. The van der Waals surface area contributed by atoms with Gasteiger partial charge in [-0.2, -0.15) is 0 Å². The molecule has 2 unspecified atom stereocenters. The van der Waals surface area contributed by atoms with E-state index < -0.39 is 17.9 Å². The molecule has 0 saturated heterocycles. The molecule has 140 valence electrons. The smallest absolute Gasteiger partial charge is 0.326 e. The average molecular weight is 350 g/mol. The van der Waals surface area contributed by atoms with Crippen molar-refractivity contribution in [2.45, 2.75) is 72.9 Å². The second-order valence-corrected chi connectivity index (χ2v) is 6.75. The van der Waals surface area contributed by atoms with Crippen molar-refractivity contribution in [2.75, 3.05) is 0 Å². The third kappa shape index (κ3) is 5.44. The Morgan fingerprint density at radius 2 is 1.92 bits per heavy atom. The number of unbranched alkanes of at least 4 members (excludes halogenated alkanes) is 1. The second-order valence-electron chi connectivity index (χ2n) is 6.75. The van der Waals surface area contributed by atoms with Crippen LogP contribution >= 0.6 is 0 Å². The van der Waals surface area contributed by atoms with Gasteiger partial charge in [0.1, 0.15) is 11.6 Å². The third-order valence-corrected chi connectivity index (χ3v) is 4.73. The molecule has 1 aromatic heterocycles. The summed E-state index contributed by atoms with van der Waals surface area (Å²) in [4.78, 5) is 36.7. The van der Waals surface area contributed by atoms with Gasteiger partial charge in [0.15, 0.2) is 0 Å². The number of amides is 1. The number of aryl methyl sites for hydroxylation is 1. The van der Waals surface area contributed by atoms with Crippen LogP contribution in [0.3, 0.4) is 0 Å². The highest BCUT2D eigenvalue weighted by Crippen LogP contribution is 2.12.